The Hall–Kier alpha value is -1.01. The molecular weight excluding hydrogens is 274 g/mol. The summed E-state index contributed by atoms with van der Waals surface area (Å²) in [6.07, 6.45) is 1.90. The van der Waals surface area contributed by atoms with Gasteiger partial charge in [-0.05, 0) is 38.0 Å². The van der Waals surface area contributed by atoms with Gasteiger partial charge < -0.3 is 10.4 Å². The van der Waals surface area contributed by atoms with Gasteiger partial charge in [-0.15, -0.1) is 0 Å². The molecule has 0 bridgehead atoms. The lowest BCUT2D eigenvalue weighted by Crippen LogP contribution is -2.43. The number of hydrogen-bond acceptors (Lipinski definition) is 4. The molecule has 20 heavy (non-hydrogen) atoms. The second-order valence-electron chi connectivity index (χ2n) is 5.58. The predicted molar refractivity (Wildman–Crippen MR) is 80.9 cm³/mol. The number of amides is 1. The molecule has 112 valence electrons. The first-order valence-corrected chi connectivity index (χ1v) is 8.13. The summed E-state index contributed by atoms with van der Waals surface area (Å²) >= 11 is 1.74. The van der Waals surface area contributed by atoms with Crippen LogP contribution >= 0.6 is 11.8 Å². The second kappa shape index (κ2) is 6.18. The van der Waals surface area contributed by atoms with Crippen LogP contribution in [0.25, 0.3) is 0 Å². The molecule has 0 aliphatic carbocycles. The number of aliphatic hydroxyl groups is 1. The summed E-state index contributed by atoms with van der Waals surface area (Å²) in [4.78, 5) is 11.9. The van der Waals surface area contributed by atoms with Crippen molar-refractivity contribution in [2.75, 3.05) is 18.1 Å². The van der Waals surface area contributed by atoms with Crippen LogP contribution in [0.3, 0.4) is 0 Å². The van der Waals surface area contributed by atoms with E-state index in [1.165, 1.54) is 0 Å². The van der Waals surface area contributed by atoms with E-state index in [9.17, 15) is 9.90 Å². The number of nitrogens with one attached hydrogen (secondary N) is 1. The number of carbonyl (C=O) groups is 1. The topological polar surface area (TPSA) is 67.2 Å². The summed E-state index contributed by atoms with van der Waals surface area (Å²) in [6, 6.07) is 0. The third kappa shape index (κ3) is 3.55. The van der Waals surface area contributed by atoms with Gasteiger partial charge >= 0.3 is 0 Å². The van der Waals surface area contributed by atoms with Crippen LogP contribution in [0.1, 0.15) is 29.8 Å². The molecule has 1 atom stereocenters. The Balaban J connectivity index is 1.80. The molecule has 0 saturated carbocycles. The van der Waals surface area contributed by atoms with Crippen LogP contribution in [0.2, 0.25) is 0 Å². The molecule has 1 aliphatic rings. The van der Waals surface area contributed by atoms with Crippen LogP contribution < -0.4 is 5.32 Å². The average Bonchev–Trinajstić information content (AvgIpc) is 2.92. The van der Waals surface area contributed by atoms with E-state index in [-0.39, 0.29) is 5.91 Å². The van der Waals surface area contributed by atoms with Crippen molar-refractivity contribution in [1.82, 2.24) is 15.1 Å². The molecule has 2 rings (SSSR count). The van der Waals surface area contributed by atoms with E-state index < -0.39 is 5.60 Å². The Morgan fingerprint density at radius 3 is 2.85 bits per heavy atom. The predicted octanol–water partition coefficient (Wildman–Crippen LogP) is 0.954. The zero-order valence-electron chi connectivity index (χ0n) is 12.4. The number of carbonyl (C=O) groups excluding carboxylic acids is 1. The number of hydrogen-bond donors (Lipinski definition) is 2. The third-order valence-electron chi connectivity index (χ3n) is 3.96. The van der Waals surface area contributed by atoms with Gasteiger partial charge in [-0.2, -0.15) is 16.9 Å². The highest BCUT2D eigenvalue weighted by Crippen LogP contribution is 2.27. The normalized spacial score (nSPS) is 22.2. The van der Waals surface area contributed by atoms with Gasteiger partial charge in [0.05, 0.1) is 11.3 Å². The van der Waals surface area contributed by atoms with Gasteiger partial charge in [-0.3, -0.25) is 9.48 Å². The minimum absolute atomic E-state index is 0.00187. The average molecular weight is 297 g/mol. The molecule has 0 unspecified atom stereocenters. The van der Waals surface area contributed by atoms with E-state index in [1.54, 1.807) is 11.8 Å². The molecule has 1 aliphatic heterocycles. The molecule has 1 saturated heterocycles. The van der Waals surface area contributed by atoms with Crippen LogP contribution in [0, 0.1) is 13.8 Å². The summed E-state index contributed by atoms with van der Waals surface area (Å²) in [6.45, 7) is 4.36. The van der Waals surface area contributed by atoms with Crippen molar-refractivity contribution in [1.29, 1.82) is 0 Å². The maximum Gasteiger partial charge on any atom is 0.220 e. The van der Waals surface area contributed by atoms with Crippen molar-refractivity contribution >= 4 is 17.7 Å². The number of aryl methyl sites for hydroxylation is 2. The summed E-state index contributed by atoms with van der Waals surface area (Å²) in [5, 5.41) is 17.4. The van der Waals surface area contributed by atoms with Crippen molar-refractivity contribution in [3.8, 4) is 0 Å². The van der Waals surface area contributed by atoms with E-state index in [2.05, 4.69) is 10.4 Å². The maximum atomic E-state index is 11.9. The van der Waals surface area contributed by atoms with Gasteiger partial charge in [0, 0.05) is 31.5 Å². The maximum absolute atomic E-state index is 11.9. The molecule has 1 aromatic rings. The van der Waals surface area contributed by atoms with Crippen LogP contribution in [0.5, 0.6) is 0 Å². The number of aromatic nitrogens is 2. The molecule has 0 radical (unpaired) electrons. The molecule has 1 fully saturated rings. The van der Waals surface area contributed by atoms with E-state index in [4.69, 9.17) is 0 Å². The molecule has 1 aromatic heterocycles. The lowest BCUT2D eigenvalue weighted by Gasteiger charge is -2.21. The SMILES string of the molecule is Cc1nn(C)c(C)c1CCC(=O)NC[C@]1(O)CCSC1. The van der Waals surface area contributed by atoms with Gasteiger partial charge in [-0.25, -0.2) is 0 Å². The highest BCUT2D eigenvalue weighted by molar-refractivity contribution is 7.99. The first-order chi connectivity index (χ1) is 9.41. The Labute approximate surface area is 124 Å². The van der Waals surface area contributed by atoms with Gasteiger partial charge in [0.25, 0.3) is 0 Å². The fourth-order valence-corrected chi connectivity index (χ4v) is 3.80. The summed E-state index contributed by atoms with van der Waals surface area (Å²) in [5.41, 5.74) is 2.54. The molecule has 0 aromatic carbocycles. The molecular formula is C14H23N3O2S. The minimum Gasteiger partial charge on any atom is -0.387 e. The van der Waals surface area contributed by atoms with E-state index in [0.29, 0.717) is 25.1 Å². The summed E-state index contributed by atoms with van der Waals surface area (Å²) in [5.74, 6) is 1.69. The fourth-order valence-electron chi connectivity index (χ4n) is 2.51. The Morgan fingerprint density at radius 2 is 2.30 bits per heavy atom. The highest BCUT2D eigenvalue weighted by Gasteiger charge is 2.31. The molecule has 0 spiro atoms. The van der Waals surface area contributed by atoms with E-state index in [1.807, 2.05) is 25.6 Å². The zero-order valence-corrected chi connectivity index (χ0v) is 13.2. The van der Waals surface area contributed by atoms with E-state index in [0.717, 1.165) is 29.1 Å². The largest absolute Gasteiger partial charge is 0.387 e. The third-order valence-corrected chi connectivity index (χ3v) is 5.19. The van der Waals surface area contributed by atoms with Crippen LogP contribution in [0.15, 0.2) is 0 Å². The van der Waals surface area contributed by atoms with Gasteiger partial charge in [0.15, 0.2) is 0 Å². The first kappa shape index (κ1) is 15.4. The molecule has 2 N–H and O–H groups in total. The zero-order chi connectivity index (χ0) is 14.8. The van der Waals surface area contributed by atoms with Crippen molar-refractivity contribution in [3.05, 3.63) is 17.0 Å². The molecule has 2 heterocycles. The molecule has 5 nitrogen and oxygen atoms in total. The smallest absolute Gasteiger partial charge is 0.220 e. The first-order valence-electron chi connectivity index (χ1n) is 6.97. The van der Waals surface area contributed by atoms with Gasteiger partial charge in [-0.1, -0.05) is 0 Å². The fraction of sp³-hybridized carbons (Fsp3) is 0.714. The van der Waals surface area contributed by atoms with Gasteiger partial charge in [0.2, 0.25) is 5.91 Å². The van der Waals surface area contributed by atoms with Crippen LogP contribution in [0.4, 0.5) is 0 Å². The quantitative estimate of drug-likeness (QED) is 0.849. The second-order valence-corrected chi connectivity index (χ2v) is 6.68. The number of nitrogens with zero attached hydrogens (tertiary/aromatic N) is 2. The van der Waals surface area contributed by atoms with Crippen molar-refractivity contribution in [2.24, 2.45) is 7.05 Å². The minimum atomic E-state index is -0.708. The molecule has 1 amide bonds. The monoisotopic (exact) mass is 297 g/mol. The Morgan fingerprint density at radius 1 is 1.55 bits per heavy atom. The van der Waals surface area contributed by atoms with E-state index >= 15 is 0 Å². The Bertz CT molecular complexity index is 493. The van der Waals surface area contributed by atoms with Crippen molar-refractivity contribution in [3.63, 3.8) is 0 Å². The molecule has 6 heteroatoms. The highest BCUT2D eigenvalue weighted by atomic mass is 32.2. The summed E-state index contributed by atoms with van der Waals surface area (Å²) in [7, 11) is 1.92. The lowest BCUT2D eigenvalue weighted by atomic mass is 10.0. The number of thioether (sulfide) groups is 1. The van der Waals surface area contributed by atoms with Crippen LogP contribution in [-0.4, -0.2) is 44.4 Å². The lowest BCUT2D eigenvalue weighted by molar-refractivity contribution is -0.122. The van der Waals surface area contributed by atoms with Crippen molar-refractivity contribution < 1.29 is 9.90 Å². The summed E-state index contributed by atoms with van der Waals surface area (Å²) < 4.78 is 1.85. The standard InChI is InChI=1S/C14H23N3O2S/c1-10-12(11(2)17(3)16-10)4-5-13(18)15-8-14(19)6-7-20-9-14/h19H,4-9H2,1-3H3,(H,15,18)/t14-/m1/s1. The van der Waals surface area contributed by atoms with Crippen molar-refractivity contribution in [2.45, 2.75) is 38.7 Å². The van der Waals surface area contributed by atoms with Gasteiger partial charge in [0.1, 0.15) is 0 Å². The number of rotatable bonds is 5. The van der Waals surface area contributed by atoms with Crippen LogP contribution in [-0.2, 0) is 18.3 Å². The Kier molecular flexibility index (Phi) is 4.75.